The third kappa shape index (κ3) is 16.6. The molecule has 0 fully saturated rings. The first kappa shape index (κ1) is 34.9. The van der Waals surface area contributed by atoms with Crippen molar-refractivity contribution in [2.75, 3.05) is 6.61 Å². The highest BCUT2D eigenvalue weighted by Crippen LogP contribution is 2.22. The Kier molecular flexibility index (Phi) is 23.5. The van der Waals surface area contributed by atoms with Gasteiger partial charge in [0.05, 0.1) is 6.61 Å². The summed E-state index contributed by atoms with van der Waals surface area (Å²) in [5.41, 5.74) is -2.51. The maximum absolute atomic E-state index is 12.7. The van der Waals surface area contributed by atoms with Crippen molar-refractivity contribution in [1.29, 1.82) is 0 Å². The molecule has 212 valence electrons. The van der Waals surface area contributed by atoms with Crippen LogP contribution in [-0.2, 0) is 14.4 Å². The van der Waals surface area contributed by atoms with Crippen LogP contribution in [0.2, 0.25) is 0 Å². The molecule has 0 amide bonds. The molecule has 0 aromatic carbocycles. The van der Waals surface area contributed by atoms with E-state index in [-0.39, 0.29) is 12.8 Å². The number of unbranched alkanes of at least 4 members (excludes halogenated alkanes) is 19. The highest BCUT2D eigenvalue weighted by Gasteiger charge is 2.48. The lowest BCUT2D eigenvalue weighted by Gasteiger charge is -2.29. The Labute approximate surface area is 220 Å². The molecular weight excluding hydrogens is 456 g/mol. The van der Waals surface area contributed by atoms with Crippen molar-refractivity contribution in [2.24, 2.45) is 0 Å². The van der Waals surface area contributed by atoms with Gasteiger partial charge in [0.15, 0.2) is 11.6 Å². The second-order valence-electron chi connectivity index (χ2n) is 10.5. The number of aliphatic hydroxyl groups excluding tert-OH is 2. The topological polar surface area (TPSA) is 112 Å². The average Bonchev–Trinajstić information content (AvgIpc) is 2.88. The molecule has 0 aromatic heterocycles. The summed E-state index contributed by atoms with van der Waals surface area (Å²) in [6, 6.07) is 0. The molecule has 6 nitrogen and oxygen atoms in total. The Hall–Kier alpha value is -1.11. The van der Waals surface area contributed by atoms with Crippen LogP contribution in [0.15, 0.2) is 0 Å². The Balaban J connectivity index is 4.00. The van der Waals surface area contributed by atoms with Crippen molar-refractivity contribution in [3.8, 4) is 0 Å². The van der Waals surface area contributed by atoms with E-state index in [1.807, 2.05) is 0 Å². The molecule has 2 unspecified atom stereocenters. The number of ketones is 2. The van der Waals surface area contributed by atoms with E-state index in [9.17, 15) is 29.7 Å². The lowest BCUT2D eigenvalue weighted by molar-refractivity contribution is -0.166. The van der Waals surface area contributed by atoms with Crippen LogP contribution in [0.25, 0.3) is 0 Å². The fourth-order valence-electron chi connectivity index (χ4n) is 4.74. The van der Waals surface area contributed by atoms with Gasteiger partial charge in [-0.05, 0) is 19.3 Å². The van der Waals surface area contributed by atoms with Gasteiger partial charge in [-0.3, -0.25) is 9.59 Å². The van der Waals surface area contributed by atoms with Crippen molar-refractivity contribution >= 4 is 17.9 Å². The zero-order valence-corrected chi connectivity index (χ0v) is 23.2. The number of aldehydes is 1. The van der Waals surface area contributed by atoms with Gasteiger partial charge in [-0.1, -0.05) is 116 Å². The van der Waals surface area contributed by atoms with Gasteiger partial charge in [-0.25, -0.2) is 0 Å². The number of hydrogen-bond donors (Lipinski definition) is 3. The molecule has 0 aliphatic carbocycles. The van der Waals surface area contributed by atoms with Gasteiger partial charge in [0, 0.05) is 19.3 Å². The predicted molar refractivity (Wildman–Crippen MR) is 146 cm³/mol. The van der Waals surface area contributed by atoms with Gasteiger partial charge in [0.1, 0.15) is 12.4 Å². The van der Waals surface area contributed by atoms with E-state index in [1.165, 1.54) is 70.6 Å². The second kappa shape index (κ2) is 24.2. The number of carbonyl (C=O) groups is 3. The highest BCUT2D eigenvalue weighted by atomic mass is 16.4. The normalized spacial score (nSPS) is 13.9. The first-order valence-electron chi connectivity index (χ1n) is 15.0. The lowest BCUT2D eigenvalue weighted by Crippen LogP contribution is -2.57. The average molecular weight is 513 g/mol. The minimum Gasteiger partial charge on any atom is -0.394 e. The third-order valence-electron chi connectivity index (χ3n) is 7.24. The SMILES string of the molecule is CCCCCCCCCCCCCCCCCC(=O)C(O)(C(=O)CCCCCCCC=O)C(O)CO. The van der Waals surface area contributed by atoms with Gasteiger partial charge in [0.25, 0.3) is 0 Å². The molecule has 0 aliphatic rings. The first-order chi connectivity index (χ1) is 17.4. The third-order valence-corrected chi connectivity index (χ3v) is 7.24. The number of Topliss-reactive ketones (excluding diaryl/α,β-unsaturated/α-hetero) is 2. The molecule has 36 heavy (non-hydrogen) atoms. The molecule has 0 aliphatic heterocycles. The molecule has 2 atom stereocenters. The van der Waals surface area contributed by atoms with Crippen molar-refractivity contribution in [3.63, 3.8) is 0 Å². The Bertz CT molecular complexity index is 550. The largest absolute Gasteiger partial charge is 0.394 e. The smallest absolute Gasteiger partial charge is 0.209 e. The van der Waals surface area contributed by atoms with Crippen LogP contribution >= 0.6 is 0 Å². The Morgan fingerprint density at radius 2 is 0.972 bits per heavy atom. The minimum absolute atomic E-state index is 0.00810. The zero-order chi connectivity index (χ0) is 26.9. The van der Waals surface area contributed by atoms with Crippen molar-refractivity contribution < 1.29 is 29.7 Å². The molecule has 0 rings (SSSR count). The summed E-state index contributed by atoms with van der Waals surface area (Å²) in [4.78, 5) is 35.6. The molecule has 0 saturated heterocycles. The number of hydrogen-bond acceptors (Lipinski definition) is 6. The van der Waals surface area contributed by atoms with Crippen LogP contribution in [0.4, 0.5) is 0 Å². The standard InChI is InChI=1S/C30H56O6/c1-2-3-4-5-6-7-8-9-10-11-12-13-14-17-20-23-27(33)30(36,29(35)26-32)28(34)24-21-18-15-16-19-22-25-31/h25,29,32,35-36H,2-24,26H2,1H3. The molecule has 0 bridgehead atoms. The van der Waals surface area contributed by atoms with Crippen LogP contribution in [-0.4, -0.2) is 51.5 Å². The second-order valence-corrected chi connectivity index (χ2v) is 10.5. The van der Waals surface area contributed by atoms with E-state index in [1.54, 1.807) is 0 Å². The van der Waals surface area contributed by atoms with E-state index in [2.05, 4.69) is 6.92 Å². The number of rotatable bonds is 28. The summed E-state index contributed by atoms with van der Waals surface area (Å²) in [5, 5.41) is 30.1. The maximum atomic E-state index is 12.7. The predicted octanol–water partition coefficient (Wildman–Crippen LogP) is 6.40. The number of aliphatic hydroxyl groups is 3. The molecule has 0 saturated carbocycles. The first-order valence-corrected chi connectivity index (χ1v) is 15.0. The van der Waals surface area contributed by atoms with Crippen LogP contribution in [0.1, 0.15) is 155 Å². The Morgan fingerprint density at radius 1 is 0.639 bits per heavy atom. The highest BCUT2D eigenvalue weighted by molar-refractivity contribution is 6.10. The molecule has 0 radical (unpaired) electrons. The summed E-state index contributed by atoms with van der Waals surface area (Å²) in [7, 11) is 0. The zero-order valence-electron chi connectivity index (χ0n) is 23.2. The van der Waals surface area contributed by atoms with E-state index >= 15 is 0 Å². The molecule has 3 N–H and O–H groups in total. The van der Waals surface area contributed by atoms with Gasteiger partial charge in [-0.2, -0.15) is 0 Å². The quantitative estimate of drug-likeness (QED) is 0.0635. The molecule has 0 aromatic rings. The Morgan fingerprint density at radius 3 is 1.31 bits per heavy atom. The van der Waals surface area contributed by atoms with Crippen molar-refractivity contribution in [1.82, 2.24) is 0 Å². The minimum atomic E-state index is -2.51. The van der Waals surface area contributed by atoms with Crippen LogP contribution < -0.4 is 0 Å². The summed E-state index contributed by atoms with van der Waals surface area (Å²) >= 11 is 0. The van der Waals surface area contributed by atoms with Gasteiger partial charge >= 0.3 is 0 Å². The molecule has 0 heterocycles. The van der Waals surface area contributed by atoms with Gasteiger partial charge in [-0.15, -0.1) is 0 Å². The van der Waals surface area contributed by atoms with E-state index in [0.717, 1.165) is 51.2 Å². The molecule has 0 spiro atoms. The molecular formula is C30H56O6. The van der Waals surface area contributed by atoms with Crippen LogP contribution in [0.3, 0.4) is 0 Å². The van der Waals surface area contributed by atoms with Gasteiger partial charge in [0.2, 0.25) is 5.60 Å². The van der Waals surface area contributed by atoms with E-state index in [4.69, 9.17) is 0 Å². The maximum Gasteiger partial charge on any atom is 0.209 e. The summed E-state index contributed by atoms with van der Waals surface area (Å²) in [6.45, 7) is 1.41. The van der Waals surface area contributed by atoms with E-state index < -0.39 is 29.9 Å². The molecule has 6 heteroatoms. The summed E-state index contributed by atoms with van der Waals surface area (Å²) in [6.07, 6.45) is 21.6. The fraction of sp³-hybridized carbons (Fsp3) is 0.900. The van der Waals surface area contributed by atoms with Crippen molar-refractivity contribution in [3.05, 3.63) is 0 Å². The van der Waals surface area contributed by atoms with Crippen LogP contribution in [0.5, 0.6) is 0 Å². The monoisotopic (exact) mass is 512 g/mol. The summed E-state index contributed by atoms with van der Waals surface area (Å²) in [5.74, 6) is -1.39. The van der Waals surface area contributed by atoms with Crippen molar-refractivity contribution in [2.45, 2.75) is 166 Å². The van der Waals surface area contributed by atoms with E-state index in [0.29, 0.717) is 19.3 Å². The lowest BCUT2D eigenvalue weighted by atomic mass is 9.82. The van der Waals surface area contributed by atoms with Gasteiger partial charge < -0.3 is 20.1 Å². The van der Waals surface area contributed by atoms with Crippen LogP contribution in [0, 0.1) is 0 Å². The summed E-state index contributed by atoms with van der Waals surface area (Å²) < 4.78 is 0. The fourth-order valence-corrected chi connectivity index (χ4v) is 4.74. The number of carbonyl (C=O) groups excluding carboxylic acids is 3.